The topological polar surface area (TPSA) is 41.6 Å². The molecule has 0 radical (unpaired) electrons. The zero-order valence-corrected chi connectivity index (χ0v) is 12.0. The maximum Gasteiger partial charge on any atom is 0.231 e. The van der Waals surface area contributed by atoms with Crippen LogP contribution < -0.4 is 15.0 Å². The SMILES string of the molecule is COc1cccc2c1N(C(=O)[C@@H]1CCCNC1)CCC2. The van der Waals surface area contributed by atoms with Crippen molar-refractivity contribution in [1.82, 2.24) is 5.32 Å². The van der Waals surface area contributed by atoms with Crippen molar-refractivity contribution >= 4 is 11.6 Å². The van der Waals surface area contributed by atoms with Crippen molar-refractivity contribution in [3.8, 4) is 5.75 Å². The zero-order valence-electron chi connectivity index (χ0n) is 12.0. The minimum Gasteiger partial charge on any atom is -0.495 e. The highest BCUT2D eigenvalue weighted by Gasteiger charge is 2.31. The highest BCUT2D eigenvalue weighted by atomic mass is 16.5. The summed E-state index contributed by atoms with van der Waals surface area (Å²) in [5.74, 6) is 1.18. The van der Waals surface area contributed by atoms with Crippen molar-refractivity contribution in [3.05, 3.63) is 23.8 Å². The molecule has 2 aliphatic rings. The molecule has 2 aliphatic heterocycles. The first kappa shape index (κ1) is 13.4. The zero-order chi connectivity index (χ0) is 13.9. The molecule has 1 atom stereocenters. The van der Waals surface area contributed by atoms with E-state index in [4.69, 9.17) is 4.74 Å². The molecule has 1 fully saturated rings. The predicted octanol–water partition coefficient (Wildman–Crippen LogP) is 1.97. The molecule has 0 spiro atoms. The van der Waals surface area contributed by atoms with E-state index in [1.54, 1.807) is 7.11 Å². The van der Waals surface area contributed by atoms with Gasteiger partial charge in [-0.2, -0.15) is 0 Å². The molecule has 3 rings (SSSR count). The van der Waals surface area contributed by atoms with E-state index in [2.05, 4.69) is 11.4 Å². The van der Waals surface area contributed by atoms with Gasteiger partial charge >= 0.3 is 0 Å². The Labute approximate surface area is 120 Å². The van der Waals surface area contributed by atoms with Crippen molar-refractivity contribution in [2.75, 3.05) is 31.6 Å². The average Bonchev–Trinajstić information content (AvgIpc) is 2.53. The number of hydrogen-bond donors (Lipinski definition) is 1. The van der Waals surface area contributed by atoms with Gasteiger partial charge in [0.1, 0.15) is 5.75 Å². The van der Waals surface area contributed by atoms with Crippen LogP contribution in [0.3, 0.4) is 0 Å². The molecule has 0 bridgehead atoms. The van der Waals surface area contributed by atoms with Gasteiger partial charge in [-0.15, -0.1) is 0 Å². The number of piperidine rings is 1. The molecule has 1 aromatic carbocycles. The van der Waals surface area contributed by atoms with Crippen molar-refractivity contribution in [3.63, 3.8) is 0 Å². The molecular formula is C16H22N2O2. The van der Waals surface area contributed by atoms with Crippen LogP contribution in [0.1, 0.15) is 24.8 Å². The molecule has 2 heterocycles. The summed E-state index contributed by atoms with van der Waals surface area (Å²) in [5, 5.41) is 3.33. The van der Waals surface area contributed by atoms with E-state index in [1.807, 2.05) is 17.0 Å². The lowest BCUT2D eigenvalue weighted by molar-refractivity contribution is -0.123. The van der Waals surface area contributed by atoms with Gasteiger partial charge in [0.15, 0.2) is 0 Å². The van der Waals surface area contributed by atoms with Gasteiger partial charge in [-0.05, 0) is 43.9 Å². The second-order valence-electron chi connectivity index (χ2n) is 5.60. The summed E-state index contributed by atoms with van der Waals surface area (Å²) >= 11 is 0. The van der Waals surface area contributed by atoms with Crippen LogP contribution in [0.15, 0.2) is 18.2 Å². The number of nitrogens with zero attached hydrogens (tertiary/aromatic N) is 1. The third-order valence-electron chi connectivity index (χ3n) is 4.31. The van der Waals surface area contributed by atoms with Crippen molar-refractivity contribution < 1.29 is 9.53 Å². The number of methoxy groups -OCH3 is 1. The Morgan fingerprint density at radius 1 is 1.40 bits per heavy atom. The second kappa shape index (κ2) is 5.83. The lowest BCUT2D eigenvalue weighted by atomic mass is 9.95. The van der Waals surface area contributed by atoms with Gasteiger partial charge in [0.2, 0.25) is 5.91 Å². The van der Waals surface area contributed by atoms with Crippen LogP contribution in [-0.4, -0.2) is 32.7 Å². The Bertz CT molecular complexity index is 481. The lowest BCUT2D eigenvalue weighted by Crippen LogP contribution is -2.45. The van der Waals surface area contributed by atoms with Gasteiger partial charge in [0, 0.05) is 13.1 Å². The first-order valence-electron chi connectivity index (χ1n) is 7.49. The maximum absolute atomic E-state index is 12.8. The van der Waals surface area contributed by atoms with Gasteiger partial charge in [-0.1, -0.05) is 12.1 Å². The van der Waals surface area contributed by atoms with E-state index in [0.717, 1.165) is 56.8 Å². The Hall–Kier alpha value is -1.55. The van der Waals surface area contributed by atoms with Crippen LogP contribution in [-0.2, 0) is 11.2 Å². The third-order valence-corrected chi connectivity index (χ3v) is 4.31. The fourth-order valence-electron chi connectivity index (χ4n) is 3.28. The summed E-state index contributed by atoms with van der Waals surface area (Å²) < 4.78 is 5.47. The minimum atomic E-state index is 0.111. The molecule has 1 saturated heterocycles. The number of carbonyl (C=O) groups excluding carboxylic acids is 1. The number of amides is 1. The molecular weight excluding hydrogens is 252 g/mol. The highest BCUT2D eigenvalue weighted by molar-refractivity contribution is 5.98. The number of anilines is 1. The van der Waals surface area contributed by atoms with E-state index in [0.29, 0.717) is 0 Å². The van der Waals surface area contributed by atoms with E-state index in [1.165, 1.54) is 5.56 Å². The van der Waals surface area contributed by atoms with Crippen molar-refractivity contribution in [1.29, 1.82) is 0 Å². The van der Waals surface area contributed by atoms with Crippen LogP contribution in [0.4, 0.5) is 5.69 Å². The number of hydrogen-bond acceptors (Lipinski definition) is 3. The van der Waals surface area contributed by atoms with Crippen LogP contribution in [0.25, 0.3) is 0 Å². The molecule has 0 saturated carbocycles. The number of rotatable bonds is 2. The Kier molecular flexibility index (Phi) is 3.92. The summed E-state index contributed by atoms with van der Waals surface area (Å²) in [5.41, 5.74) is 2.23. The molecule has 1 N–H and O–H groups in total. The number of nitrogens with one attached hydrogen (secondary N) is 1. The lowest BCUT2D eigenvalue weighted by Gasteiger charge is -2.34. The first-order chi connectivity index (χ1) is 9.81. The number of aryl methyl sites for hydroxylation is 1. The number of para-hydroxylation sites is 1. The number of ether oxygens (including phenoxy) is 1. The van der Waals surface area contributed by atoms with E-state index in [-0.39, 0.29) is 11.8 Å². The predicted molar refractivity (Wildman–Crippen MR) is 79.3 cm³/mol. The molecule has 108 valence electrons. The molecule has 20 heavy (non-hydrogen) atoms. The molecule has 1 amide bonds. The molecule has 0 aromatic heterocycles. The molecule has 0 aliphatic carbocycles. The standard InChI is InChI=1S/C16H22N2O2/c1-20-14-8-2-5-12-7-4-10-18(15(12)14)16(19)13-6-3-9-17-11-13/h2,5,8,13,17H,3-4,6-7,9-11H2,1H3/t13-/m1/s1. The number of carbonyl (C=O) groups is 1. The number of benzene rings is 1. The van der Waals surface area contributed by atoms with E-state index in [9.17, 15) is 4.79 Å². The molecule has 4 heteroatoms. The summed E-state index contributed by atoms with van der Waals surface area (Å²) in [7, 11) is 1.68. The summed E-state index contributed by atoms with van der Waals surface area (Å²) in [6.45, 7) is 2.65. The Morgan fingerprint density at radius 3 is 3.05 bits per heavy atom. The average molecular weight is 274 g/mol. The van der Waals surface area contributed by atoms with Crippen molar-refractivity contribution in [2.45, 2.75) is 25.7 Å². The molecule has 4 nitrogen and oxygen atoms in total. The van der Waals surface area contributed by atoms with Crippen LogP contribution in [0.2, 0.25) is 0 Å². The van der Waals surface area contributed by atoms with Gasteiger partial charge in [-0.3, -0.25) is 4.79 Å². The fraction of sp³-hybridized carbons (Fsp3) is 0.562. The van der Waals surface area contributed by atoms with Gasteiger partial charge < -0.3 is 15.0 Å². The van der Waals surface area contributed by atoms with Gasteiger partial charge in [0.05, 0.1) is 18.7 Å². The van der Waals surface area contributed by atoms with E-state index < -0.39 is 0 Å². The monoisotopic (exact) mass is 274 g/mol. The third kappa shape index (κ3) is 2.40. The van der Waals surface area contributed by atoms with Gasteiger partial charge in [0.25, 0.3) is 0 Å². The minimum absolute atomic E-state index is 0.111. The van der Waals surface area contributed by atoms with Gasteiger partial charge in [-0.25, -0.2) is 0 Å². The molecule has 1 aromatic rings. The maximum atomic E-state index is 12.8. The summed E-state index contributed by atoms with van der Waals surface area (Å²) in [6, 6.07) is 6.06. The van der Waals surface area contributed by atoms with Crippen LogP contribution in [0, 0.1) is 5.92 Å². The summed E-state index contributed by atoms with van der Waals surface area (Å²) in [4.78, 5) is 14.8. The Balaban J connectivity index is 1.90. The normalized spacial score (nSPS) is 22.2. The van der Waals surface area contributed by atoms with Crippen LogP contribution in [0.5, 0.6) is 5.75 Å². The quantitative estimate of drug-likeness (QED) is 0.896. The highest BCUT2D eigenvalue weighted by Crippen LogP contribution is 2.37. The largest absolute Gasteiger partial charge is 0.495 e. The molecule has 0 unspecified atom stereocenters. The fourth-order valence-corrected chi connectivity index (χ4v) is 3.28. The van der Waals surface area contributed by atoms with E-state index >= 15 is 0 Å². The van der Waals surface area contributed by atoms with Crippen LogP contribution >= 0.6 is 0 Å². The van der Waals surface area contributed by atoms with Crippen molar-refractivity contribution in [2.24, 2.45) is 5.92 Å². The number of fused-ring (bicyclic) bond motifs is 1. The smallest absolute Gasteiger partial charge is 0.231 e. The first-order valence-corrected chi connectivity index (χ1v) is 7.49. The Morgan fingerprint density at radius 2 is 2.30 bits per heavy atom. The summed E-state index contributed by atoms with van der Waals surface area (Å²) in [6.07, 6.45) is 4.14. The second-order valence-corrected chi connectivity index (χ2v) is 5.60.